The zero-order valence-electron chi connectivity index (χ0n) is 22.8. The summed E-state index contributed by atoms with van der Waals surface area (Å²) in [6.45, 7) is 3.20. The molecule has 0 unspecified atom stereocenters. The molecule has 0 aromatic heterocycles. The molecule has 7 nitrogen and oxygen atoms in total. The van der Waals surface area contributed by atoms with Crippen LogP contribution in [0.4, 0.5) is 0 Å². The first kappa shape index (κ1) is 26.7. The normalized spacial score (nSPS) is 21.7. The van der Waals surface area contributed by atoms with Crippen molar-refractivity contribution in [1.29, 1.82) is 0 Å². The van der Waals surface area contributed by atoms with Crippen molar-refractivity contribution in [3.05, 3.63) is 82.2 Å². The van der Waals surface area contributed by atoms with E-state index < -0.39 is 17.9 Å². The van der Waals surface area contributed by atoms with Crippen molar-refractivity contribution in [3.63, 3.8) is 0 Å². The van der Waals surface area contributed by atoms with Crippen LogP contribution in [0.25, 0.3) is 0 Å². The molecule has 39 heavy (non-hydrogen) atoms. The number of carbonyl (C=O) groups excluding carboxylic acids is 3. The third-order valence-electron chi connectivity index (χ3n) is 7.92. The SMILES string of the molecule is COc1cc([C@@H]2C(C(=O)OC3CCCCC3)=C(C)NC3=C2C(=O)C[C@H](c2ccccc2)C3)ccc1OC(C)=O. The lowest BCUT2D eigenvalue weighted by Crippen LogP contribution is -2.37. The minimum Gasteiger partial charge on any atom is -0.493 e. The Labute approximate surface area is 229 Å². The number of nitrogens with one attached hydrogen (secondary N) is 1. The predicted molar refractivity (Wildman–Crippen MR) is 146 cm³/mol. The number of ketones is 1. The number of Topliss-reactive ketones (excluding diaryl/α,β-unsaturated/α-hetero) is 1. The summed E-state index contributed by atoms with van der Waals surface area (Å²) in [5.74, 6) is -0.799. The van der Waals surface area contributed by atoms with Gasteiger partial charge in [0.25, 0.3) is 0 Å². The van der Waals surface area contributed by atoms with Crippen LogP contribution in [0.1, 0.15) is 81.8 Å². The fourth-order valence-electron chi connectivity index (χ4n) is 6.10. The predicted octanol–water partition coefficient (Wildman–Crippen LogP) is 5.86. The molecular formula is C32H35NO6. The van der Waals surface area contributed by atoms with E-state index in [1.807, 2.05) is 25.1 Å². The molecule has 0 amide bonds. The zero-order chi connectivity index (χ0) is 27.5. The second-order valence-electron chi connectivity index (χ2n) is 10.6. The van der Waals surface area contributed by atoms with E-state index in [0.29, 0.717) is 41.0 Å². The number of hydrogen-bond donors (Lipinski definition) is 1. The number of methoxy groups -OCH3 is 1. The Hall–Kier alpha value is -3.87. The van der Waals surface area contributed by atoms with E-state index in [9.17, 15) is 14.4 Å². The summed E-state index contributed by atoms with van der Waals surface area (Å²) >= 11 is 0. The van der Waals surface area contributed by atoms with E-state index in [1.165, 1.54) is 14.0 Å². The standard InChI is InChI=1S/C32H35NO6/c1-19-29(32(36)39-24-12-8-5-9-13-24)30(22-14-15-27(38-20(2)34)28(18-22)37-3)31-25(33-19)16-23(17-26(31)35)21-10-6-4-7-11-21/h4,6-7,10-11,14-15,18,23-24,30,33H,5,8-9,12-13,16-17H2,1-3H3/t23-,30-/m1/s1. The van der Waals surface area contributed by atoms with E-state index in [0.717, 1.165) is 43.4 Å². The maximum atomic E-state index is 13.9. The second kappa shape index (κ2) is 11.5. The molecule has 3 aliphatic rings. The summed E-state index contributed by atoms with van der Waals surface area (Å²) < 4.78 is 16.9. The van der Waals surface area contributed by atoms with Crippen LogP contribution in [0.2, 0.25) is 0 Å². The van der Waals surface area contributed by atoms with Crippen LogP contribution in [0, 0.1) is 0 Å². The molecule has 7 heteroatoms. The number of carbonyl (C=O) groups is 3. The topological polar surface area (TPSA) is 90.9 Å². The number of esters is 2. The lowest BCUT2D eigenvalue weighted by molar-refractivity contribution is -0.146. The van der Waals surface area contributed by atoms with Crippen molar-refractivity contribution in [2.24, 2.45) is 0 Å². The van der Waals surface area contributed by atoms with Gasteiger partial charge in [0.05, 0.1) is 12.7 Å². The summed E-state index contributed by atoms with van der Waals surface area (Å²) in [5.41, 5.74) is 4.37. The minimum absolute atomic E-state index is 0.00102. The van der Waals surface area contributed by atoms with E-state index in [4.69, 9.17) is 14.2 Å². The Balaban J connectivity index is 1.57. The maximum Gasteiger partial charge on any atom is 0.337 e. The molecule has 1 saturated carbocycles. The molecule has 1 aliphatic heterocycles. The third kappa shape index (κ3) is 5.63. The Bertz CT molecular complexity index is 1340. The average Bonchev–Trinajstić information content (AvgIpc) is 2.93. The van der Waals surface area contributed by atoms with E-state index in [-0.39, 0.29) is 23.6 Å². The van der Waals surface area contributed by atoms with Crippen LogP contribution in [0.3, 0.4) is 0 Å². The van der Waals surface area contributed by atoms with Crippen molar-refractivity contribution >= 4 is 17.7 Å². The van der Waals surface area contributed by atoms with E-state index in [2.05, 4.69) is 17.4 Å². The van der Waals surface area contributed by atoms with Crippen LogP contribution in [0.5, 0.6) is 11.5 Å². The molecule has 5 rings (SSSR count). The van der Waals surface area contributed by atoms with Crippen molar-refractivity contribution in [2.75, 3.05) is 7.11 Å². The summed E-state index contributed by atoms with van der Waals surface area (Å²) in [7, 11) is 1.49. The molecule has 0 radical (unpaired) electrons. The van der Waals surface area contributed by atoms with E-state index in [1.54, 1.807) is 18.2 Å². The zero-order valence-corrected chi connectivity index (χ0v) is 22.8. The highest BCUT2D eigenvalue weighted by atomic mass is 16.6. The summed E-state index contributed by atoms with van der Waals surface area (Å²) in [4.78, 5) is 39.2. The van der Waals surface area contributed by atoms with Gasteiger partial charge in [0, 0.05) is 36.2 Å². The van der Waals surface area contributed by atoms with Crippen LogP contribution in [0.15, 0.2) is 71.1 Å². The maximum absolute atomic E-state index is 13.9. The quantitative estimate of drug-likeness (QED) is 0.370. The molecule has 204 valence electrons. The Morgan fingerprint density at radius 1 is 0.923 bits per heavy atom. The van der Waals surface area contributed by atoms with Gasteiger partial charge in [-0.15, -0.1) is 0 Å². The first-order valence-electron chi connectivity index (χ1n) is 13.7. The summed E-state index contributed by atoms with van der Waals surface area (Å²) in [6, 6.07) is 15.2. The number of rotatable bonds is 6. The van der Waals surface area contributed by atoms with Gasteiger partial charge in [-0.05, 0) is 68.2 Å². The van der Waals surface area contributed by atoms with Gasteiger partial charge >= 0.3 is 11.9 Å². The molecule has 1 heterocycles. The number of allylic oxidation sites excluding steroid dienone is 3. The molecule has 1 N–H and O–H groups in total. The third-order valence-corrected chi connectivity index (χ3v) is 7.92. The lowest BCUT2D eigenvalue weighted by Gasteiger charge is -2.37. The highest BCUT2D eigenvalue weighted by Gasteiger charge is 2.42. The number of dihydropyridines is 1. The molecule has 2 atom stereocenters. The first-order valence-corrected chi connectivity index (χ1v) is 13.7. The molecular weight excluding hydrogens is 494 g/mol. The monoisotopic (exact) mass is 529 g/mol. The van der Waals surface area contributed by atoms with Crippen LogP contribution in [-0.2, 0) is 19.1 Å². The molecule has 2 aliphatic carbocycles. The Kier molecular flexibility index (Phi) is 7.87. The highest BCUT2D eigenvalue weighted by molar-refractivity contribution is 6.04. The van der Waals surface area contributed by atoms with Crippen molar-refractivity contribution in [1.82, 2.24) is 5.32 Å². The van der Waals surface area contributed by atoms with Crippen LogP contribution < -0.4 is 14.8 Å². The van der Waals surface area contributed by atoms with Gasteiger partial charge in [0.1, 0.15) is 6.10 Å². The molecule has 2 aromatic rings. The molecule has 0 saturated heterocycles. The van der Waals surface area contributed by atoms with Crippen LogP contribution in [-0.4, -0.2) is 30.9 Å². The van der Waals surface area contributed by atoms with Gasteiger partial charge < -0.3 is 19.5 Å². The van der Waals surface area contributed by atoms with Gasteiger partial charge in [-0.3, -0.25) is 9.59 Å². The average molecular weight is 530 g/mol. The lowest BCUT2D eigenvalue weighted by atomic mass is 9.71. The number of benzene rings is 2. The first-order chi connectivity index (χ1) is 18.9. The smallest absolute Gasteiger partial charge is 0.337 e. The molecule has 0 bridgehead atoms. The fourth-order valence-corrected chi connectivity index (χ4v) is 6.10. The second-order valence-corrected chi connectivity index (χ2v) is 10.6. The van der Waals surface area contributed by atoms with Gasteiger partial charge in [0.2, 0.25) is 0 Å². The molecule has 0 spiro atoms. The summed E-state index contributed by atoms with van der Waals surface area (Å²) in [5, 5.41) is 3.42. The Morgan fingerprint density at radius 2 is 1.67 bits per heavy atom. The van der Waals surface area contributed by atoms with Gasteiger partial charge in [-0.1, -0.05) is 42.8 Å². The van der Waals surface area contributed by atoms with Crippen molar-refractivity contribution < 1.29 is 28.6 Å². The van der Waals surface area contributed by atoms with Gasteiger partial charge in [-0.25, -0.2) is 4.79 Å². The minimum atomic E-state index is -0.623. The molecule has 1 fully saturated rings. The van der Waals surface area contributed by atoms with Crippen LogP contribution >= 0.6 is 0 Å². The fraction of sp³-hybridized carbons (Fsp3) is 0.406. The van der Waals surface area contributed by atoms with E-state index >= 15 is 0 Å². The summed E-state index contributed by atoms with van der Waals surface area (Å²) in [6.07, 6.45) is 5.84. The number of hydrogen-bond acceptors (Lipinski definition) is 7. The largest absolute Gasteiger partial charge is 0.493 e. The Morgan fingerprint density at radius 3 is 2.36 bits per heavy atom. The number of ether oxygens (including phenoxy) is 3. The van der Waals surface area contributed by atoms with Crippen molar-refractivity contribution in [3.8, 4) is 11.5 Å². The van der Waals surface area contributed by atoms with Gasteiger partial charge in [-0.2, -0.15) is 0 Å². The molecule has 2 aromatic carbocycles. The van der Waals surface area contributed by atoms with Crippen molar-refractivity contribution in [2.45, 2.75) is 76.7 Å². The van der Waals surface area contributed by atoms with Gasteiger partial charge in [0.15, 0.2) is 17.3 Å². The highest BCUT2D eigenvalue weighted by Crippen LogP contribution is 2.47.